The first-order valence-electron chi connectivity index (χ1n) is 6.74. The number of aromatic nitrogens is 1. The van der Waals surface area contributed by atoms with Crippen molar-refractivity contribution in [1.82, 2.24) is 10.1 Å². The first-order chi connectivity index (χ1) is 10.1. The van der Waals surface area contributed by atoms with Crippen LogP contribution in [0.25, 0.3) is 11.0 Å². The molecule has 0 N–H and O–H groups in total. The van der Waals surface area contributed by atoms with E-state index < -0.39 is 0 Å². The fourth-order valence-corrected chi connectivity index (χ4v) is 2.32. The lowest BCUT2D eigenvalue weighted by atomic mass is 10.1. The lowest BCUT2D eigenvalue weighted by molar-refractivity contribution is 0.0738. The highest BCUT2D eigenvalue weighted by atomic mass is 16.5. The van der Waals surface area contributed by atoms with E-state index in [9.17, 15) is 4.79 Å². The molecule has 3 rings (SSSR count). The summed E-state index contributed by atoms with van der Waals surface area (Å²) >= 11 is 0. The summed E-state index contributed by atoms with van der Waals surface area (Å²) in [6.07, 6.45) is 1.50. The predicted molar refractivity (Wildman–Crippen MR) is 78.0 cm³/mol. The Kier molecular flexibility index (Phi) is 3.25. The first kappa shape index (κ1) is 13.4. The number of carbonyl (C=O) groups excluding carboxylic acids is 1. The van der Waals surface area contributed by atoms with Gasteiger partial charge in [0.1, 0.15) is 23.3 Å². The third kappa shape index (κ3) is 2.42. The first-order valence-corrected chi connectivity index (χ1v) is 6.74. The molecule has 0 saturated carbocycles. The normalized spacial score (nSPS) is 12.5. The number of hydrogen-bond acceptors (Lipinski definition) is 4. The number of amides is 1. The molecule has 3 aromatic rings. The van der Waals surface area contributed by atoms with Crippen LogP contribution < -0.4 is 0 Å². The molecule has 0 saturated heterocycles. The van der Waals surface area contributed by atoms with Crippen molar-refractivity contribution in [1.29, 1.82) is 0 Å². The Morgan fingerprint density at radius 1 is 1.29 bits per heavy atom. The number of hydrogen-bond donors (Lipinski definition) is 0. The molecule has 1 atom stereocenters. The molecule has 0 spiro atoms. The van der Waals surface area contributed by atoms with E-state index in [1.54, 1.807) is 24.1 Å². The Balaban J connectivity index is 1.88. The average Bonchev–Trinajstić information content (AvgIpc) is 3.12. The highest BCUT2D eigenvalue weighted by Gasteiger charge is 2.21. The maximum absolute atomic E-state index is 12.6. The SMILES string of the molecule is Cc1cc2cc(C(=O)N(C)[C@H](C)c3ccon3)ccc2o1. The number of aryl methyl sites for hydroxylation is 1. The van der Waals surface area contributed by atoms with Gasteiger partial charge in [0.25, 0.3) is 5.91 Å². The lowest BCUT2D eigenvalue weighted by Crippen LogP contribution is -2.29. The molecule has 2 aromatic heterocycles. The minimum atomic E-state index is -0.155. The van der Waals surface area contributed by atoms with Crippen molar-refractivity contribution in [2.45, 2.75) is 19.9 Å². The summed E-state index contributed by atoms with van der Waals surface area (Å²) in [5.74, 6) is 0.769. The molecule has 0 bridgehead atoms. The summed E-state index contributed by atoms with van der Waals surface area (Å²) < 4.78 is 10.4. The van der Waals surface area contributed by atoms with Crippen LogP contribution in [-0.2, 0) is 0 Å². The van der Waals surface area contributed by atoms with Gasteiger partial charge in [-0.1, -0.05) is 5.16 Å². The third-order valence-corrected chi connectivity index (χ3v) is 3.67. The van der Waals surface area contributed by atoms with Crippen LogP contribution in [0.4, 0.5) is 0 Å². The van der Waals surface area contributed by atoms with E-state index in [0.717, 1.165) is 22.4 Å². The summed E-state index contributed by atoms with van der Waals surface area (Å²) in [6, 6.07) is 8.98. The zero-order valence-corrected chi connectivity index (χ0v) is 12.2. The molecule has 21 heavy (non-hydrogen) atoms. The van der Waals surface area contributed by atoms with Crippen molar-refractivity contribution in [3.8, 4) is 0 Å². The molecule has 5 nitrogen and oxygen atoms in total. The van der Waals surface area contributed by atoms with Crippen LogP contribution in [0.2, 0.25) is 0 Å². The number of nitrogens with zero attached hydrogens (tertiary/aromatic N) is 2. The molecule has 5 heteroatoms. The van der Waals surface area contributed by atoms with Gasteiger partial charge in [-0.05, 0) is 38.1 Å². The maximum atomic E-state index is 12.6. The predicted octanol–water partition coefficient (Wildman–Crippen LogP) is 3.56. The maximum Gasteiger partial charge on any atom is 0.254 e. The number of carbonyl (C=O) groups is 1. The van der Waals surface area contributed by atoms with E-state index in [4.69, 9.17) is 8.94 Å². The Bertz CT molecular complexity index is 774. The molecule has 0 aliphatic carbocycles. The van der Waals surface area contributed by atoms with Crippen molar-refractivity contribution >= 4 is 16.9 Å². The van der Waals surface area contributed by atoms with Crippen LogP contribution in [0.3, 0.4) is 0 Å². The summed E-state index contributed by atoms with van der Waals surface area (Å²) in [5, 5.41) is 4.81. The second kappa shape index (κ2) is 5.09. The Morgan fingerprint density at radius 2 is 2.10 bits per heavy atom. The van der Waals surface area contributed by atoms with Gasteiger partial charge >= 0.3 is 0 Å². The number of furan rings is 1. The summed E-state index contributed by atoms with van der Waals surface area (Å²) in [7, 11) is 1.76. The van der Waals surface area contributed by atoms with E-state index >= 15 is 0 Å². The van der Waals surface area contributed by atoms with Crippen LogP contribution >= 0.6 is 0 Å². The van der Waals surface area contributed by atoms with Gasteiger partial charge in [-0.3, -0.25) is 4.79 Å². The molecular formula is C16H16N2O3. The zero-order valence-electron chi connectivity index (χ0n) is 12.2. The fraction of sp³-hybridized carbons (Fsp3) is 0.250. The second-order valence-corrected chi connectivity index (χ2v) is 5.13. The molecule has 0 aliphatic rings. The average molecular weight is 284 g/mol. The summed E-state index contributed by atoms with van der Waals surface area (Å²) in [4.78, 5) is 14.2. The molecule has 0 aliphatic heterocycles. The smallest absolute Gasteiger partial charge is 0.254 e. The molecule has 1 aromatic carbocycles. The van der Waals surface area contributed by atoms with Gasteiger partial charge in [-0.15, -0.1) is 0 Å². The van der Waals surface area contributed by atoms with E-state index in [2.05, 4.69) is 5.16 Å². The second-order valence-electron chi connectivity index (χ2n) is 5.13. The van der Waals surface area contributed by atoms with Gasteiger partial charge in [0.15, 0.2) is 0 Å². The van der Waals surface area contributed by atoms with Gasteiger partial charge in [0, 0.05) is 24.1 Å². The van der Waals surface area contributed by atoms with Crippen LogP contribution in [-0.4, -0.2) is 23.0 Å². The Labute approximate surface area is 122 Å². The Morgan fingerprint density at radius 3 is 2.81 bits per heavy atom. The van der Waals surface area contributed by atoms with Gasteiger partial charge in [-0.25, -0.2) is 0 Å². The monoisotopic (exact) mass is 284 g/mol. The minimum absolute atomic E-state index is 0.0637. The van der Waals surface area contributed by atoms with Crippen molar-refractivity contribution in [2.24, 2.45) is 0 Å². The van der Waals surface area contributed by atoms with E-state index in [-0.39, 0.29) is 11.9 Å². The van der Waals surface area contributed by atoms with Gasteiger partial charge in [0.2, 0.25) is 0 Å². The number of benzene rings is 1. The topological polar surface area (TPSA) is 59.5 Å². The summed E-state index contributed by atoms with van der Waals surface area (Å²) in [6.45, 7) is 3.80. The number of rotatable bonds is 3. The van der Waals surface area contributed by atoms with E-state index in [1.807, 2.05) is 32.0 Å². The molecular weight excluding hydrogens is 268 g/mol. The largest absolute Gasteiger partial charge is 0.461 e. The van der Waals surface area contributed by atoms with Crippen molar-refractivity contribution in [3.63, 3.8) is 0 Å². The molecule has 2 heterocycles. The van der Waals surface area contributed by atoms with E-state index in [1.165, 1.54) is 6.26 Å². The van der Waals surface area contributed by atoms with Crippen LogP contribution in [0, 0.1) is 6.92 Å². The molecule has 0 radical (unpaired) electrons. The lowest BCUT2D eigenvalue weighted by Gasteiger charge is -2.23. The van der Waals surface area contributed by atoms with Crippen LogP contribution in [0.5, 0.6) is 0 Å². The third-order valence-electron chi connectivity index (χ3n) is 3.67. The molecule has 0 unspecified atom stereocenters. The van der Waals surface area contributed by atoms with Crippen molar-refractivity contribution in [2.75, 3.05) is 7.05 Å². The van der Waals surface area contributed by atoms with E-state index in [0.29, 0.717) is 5.56 Å². The van der Waals surface area contributed by atoms with Crippen LogP contribution in [0.15, 0.2) is 45.5 Å². The number of fused-ring (bicyclic) bond motifs is 1. The van der Waals surface area contributed by atoms with Gasteiger partial charge in [-0.2, -0.15) is 0 Å². The fourth-order valence-electron chi connectivity index (χ4n) is 2.32. The van der Waals surface area contributed by atoms with Gasteiger partial charge < -0.3 is 13.8 Å². The molecule has 108 valence electrons. The highest BCUT2D eigenvalue weighted by molar-refractivity contribution is 5.97. The quantitative estimate of drug-likeness (QED) is 0.737. The van der Waals surface area contributed by atoms with Crippen molar-refractivity contribution in [3.05, 3.63) is 53.6 Å². The Hall–Kier alpha value is -2.56. The molecule has 0 fully saturated rings. The minimum Gasteiger partial charge on any atom is -0.461 e. The standard InChI is InChI=1S/C16H16N2O3/c1-10-8-13-9-12(4-5-15(13)21-10)16(19)18(3)11(2)14-6-7-20-17-14/h4-9,11H,1-3H3/t11-/m1/s1. The van der Waals surface area contributed by atoms with Crippen molar-refractivity contribution < 1.29 is 13.7 Å². The summed E-state index contributed by atoms with van der Waals surface area (Å²) in [5.41, 5.74) is 2.14. The van der Waals surface area contributed by atoms with Crippen LogP contribution in [0.1, 0.15) is 34.8 Å². The van der Waals surface area contributed by atoms with Gasteiger partial charge in [0.05, 0.1) is 6.04 Å². The zero-order chi connectivity index (χ0) is 15.0. The highest BCUT2D eigenvalue weighted by Crippen LogP contribution is 2.23. The molecule has 1 amide bonds.